The Morgan fingerprint density at radius 3 is 2.11 bits per heavy atom. The summed E-state index contributed by atoms with van der Waals surface area (Å²) < 4.78 is 56.3. The van der Waals surface area contributed by atoms with Crippen molar-refractivity contribution < 1.29 is 37.1 Å². The molecule has 0 saturated heterocycles. The molecule has 3 rings (SSSR count). The van der Waals surface area contributed by atoms with E-state index in [1.807, 2.05) is 30.3 Å². The number of halogens is 1. The molecule has 0 saturated carbocycles. The molecule has 1 aromatic carbocycles. The number of fused-ring (bicyclic) bond motifs is 1. The van der Waals surface area contributed by atoms with Crippen molar-refractivity contribution in [1.82, 2.24) is 14.6 Å². The van der Waals surface area contributed by atoms with Crippen LogP contribution in [0.15, 0.2) is 36.4 Å². The topological polar surface area (TPSA) is 150 Å². The van der Waals surface area contributed by atoms with Crippen molar-refractivity contribution >= 4 is 39.8 Å². The average Bonchev–Trinajstić information content (AvgIpc) is 3.15. The normalized spacial score (nSPS) is 15.9. The predicted molar refractivity (Wildman–Crippen MR) is 147 cm³/mol. The van der Waals surface area contributed by atoms with E-state index in [1.54, 1.807) is 13.0 Å². The second-order valence-corrected chi connectivity index (χ2v) is 16.8. The molecule has 0 bridgehead atoms. The lowest BCUT2D eigenvalue weighted by Gasteiger charge is -2.41. The van der Waals surface area contributed by atoms with Gasteiger partial charge in [0.1, 0.15) is 10.7 Å². The number of aromatic nitrogens is 3. The number of benzene rings is 1. The lowest BCUT2D eigenvalue weighted by atomic mass is 10.1. The molecule has 2 heterocycles. The number of aryl methyl sites for hydroxylation is 2. The summed E-state index contributed by atoms with van der Waals surface area (Å²) in [7, 11) is -14.5. The maximum absolute atomic E-state index is 14.2. The second-order valence-electron chi connectivity index (χ2n) is 8.57. The quantitative estimate of drug-likeness (QED) is 0.211. The van der Waals surface area contributed by atoms with Crippen LogP contribution in [0.5, 0.6) is 0 Å². The molecule has 38 heavy (non-hydrogen) atoms. The van der Waals surface area contributed by atoms with Crippen molar-refractivity contribution in [2.24, 2.45) is 0 Å². The maximum Gasteiger partial charge on any atom is 0.358 e. The van der Waals surface area contributed by atoms with E-state index in [0.29, 0.717) is 27.8 Å². The molecular weight excluding hydrogens is 575 g/mol. The zero-order valence-corrected chi connectivity index (χ0v) is 25.3. The summed E-state index contributed by atoms with van der Waals surface area (Å²) in [5.74, 6) is 0. The third-order valence-electron chi connectivity index (χ3n) is 6.03. The van der Waals surface area contributed by atoms with Gasteiger partial charge >= 0.3 is 15.2 Å². The van der Waals surface area contributed by atoms with E-state index in [2.05, 4.69) is 10.1 Å². The molecular formula is C23H33ClN3O8P3. The van der Waals surface area contributed by atoms with Gasteiger partial charge in [-0.05, 0) is 46.6 Å². The maximum atomic E-state index is 14.2. The molecule has 11 nitrogen and oxygen atoms in total. The van der Waals surface area contributed by atoms with Crippen LogP contribution in [-0.2, 0) is 33.7 Å². The van der Waals surface area contributed by atoms with Crippen LogP contribution >= 0.6 is 34.2 Å². The lowest BCUT2D eigenvalue weighted by Crippen LogP contribution is -2.33. The molecule has 0 aliphatic carbocycles. The summed E-state index contributed by atoms with van der Waals surface area (Å²) in [5.41, 5.74) is 2.58. The molecule has 0 radical (unpaired) electrons. The Hall–Kier alpha value is -1.38. The van der Waals surface area contributed by atoms with E-state index >= 15 is 0 Å². The van der Waals surface area contributed by atoms with Gasteiger partial charge in [0.2, 0.25) is 12.0 Å². The van der Waals surface area contributed by atoms with Gasteiger partial charge < -0.3 is 23.4 Å². The van der Waals surface area contributed by atoms with Crippen LogP contribution in [0.2, 0.25) is 5.02 Å². The third kappa shape index (κ3) is 5.60. The van der Waals surface area contributed by atoms with E-state index in [-0.39, 0.29) is 26.2 Å². The van der Waals surface area contributed by atoms with Crippen LogP contribution in [0, 0.1) is 6.92 Å². The SMILES string of the molecule is CCOP(C)(=O)C(CCc1cc(C)nc2c(Cl)c(-c3ccccc3)nn12)(P(=O)(O)O)P(=O)(OCC)OCC. The van der Waals surface area contributed by atoms with Gasteiger partial charge in [-0.15, -0.1) is 0 Å². The highest BCUT2D eigenvalue weighted by molar-refractivity contribution is 7.91. The van der Waals surface area contributed by atoms with Crippen molar-refractivity contribution in [3.63, 3.8) is 0 Å². The fraction of sp³-hybridized carbons (Fsp3) is 0.478. The molecule has 0 amide bonds. The molecule has 0 aliphatic rings. The first kappa shape index (κ1) is 31.2. The first-order valence-corrected chi connectivity index (χ1v) is 17.7. The Labute approximate surface area is 227 Å². The van der Waals surface area contributed by atoms with Gasteiger partial charge in [-0.1, -0.05) is 41.9 Å². The first-order valence-electron chi connectivity index (χ1n) is 12.1. The largest absolute Gasteiger partial charge is 0.358 e. The number of nitrogens with zero attached hydrogens (tertiary/aromatic N) is 3. The van der Waals surface area contributed by atoms with Crippen molar-refractivity contribution in [2.75, 3.05) is 26.5 Å². The van der Waals surface area contributed by atoms with E-state index < -0.39 is 33.6 Å². The van der Waals surface area contributed by atoms with Crippen LogP contribution in [-0.4, -0.2) is 55.5 Å². The van der Waals surface area contributed by atoms with Crippen LogP contribution in [0.25, 0.3) is 16.9 Å². The molecule has 2 atom stereocenters. The standard InChI is InChI=1S/C23H33ClN3O8P3/c1-6-33-36(5,28)23(37(29,30)31,38(32,34-7-2)35-8-3)15-14-19-16-17(4)25-22-20(24)21(26-27(19)22)18-12-10-9-11-13-18/h9-13,16H,6-8,14-15H2,1-5H3,(H2,29,30,31). The van der Waals surface area contributed by atoms with Gasteiger partial charge in [-0.3, -0.25) is 13.7 Å². The summed E-state index contributed by atoms with van der Waals surface area (Å²) in [6, 6.07) is 10.9. The van der Waals surface area contributed by atoms with Gasteiger partial charge in [0, 0.05) is 23.6 Å². The Morgan fingerprint density at radius 2 is 1.58 bits per heavy atom. The molecule has 0 aliphatic heterocycles. The molecule has 2 unspecified atom stereocenters. The van der Waals surface area contributed by atoms with E-state index in [9.17, 15) is 23.5 Å². The molecule has 0 spiro atoms. The Morgan fingerprint density at radius 1 is 1.00 bits per heavy atom. The highest BCUT2D eigenvalue weighted by atomic mass is 35.5. The Balaban J connectivity index is 2.24. The van der Waals surface area contributed by atoms with Crippen LogP contribution < -0.4 is 0 Å². The third-order valence-corrected chi connectivity index (χ3v) is 17.3. The molecule has 2 N–H and O–H groups in total. The number of rotatable bonds is 13. The summed E-state index contributed by atoms with van der Waals surface area (Å²) >= 11 is 6.65. The van der Waals surface area contributed by atoms with Gasteiger partial charge in [0.25, 0.3) is 0 Å². The van der Waals surface area contributed by atoms with Crippen molar-refractivity contribution in [3.8, 4) is 11.3 Å². The zero-order chi connectivity index (χ0) is 28.4. The fourth-order valence-corrected chi connectivity index (χ4v) is 13.9. The van der Waals surface area contributed by atoms with Crippen molar-refractivity contribution in [1.29, 1.82) is 0 Å². The Bertz CT molecular complexity index is 1420. The van der Waals surface area contributed by atoms with E-state index in [1.165, 1.54) is 25.3 Å². The lowest BCUT2D eigenvalue weighted by molar-refractivity contribution is 0.204. The van der Waals surface area contributed by atoms with Crippen molar-refractivity contribution in [2.45, 2.75) is 45.2 Å². The van der Waals surface area contributed by atoms with Gasteiger partial charge in [0.15, 0.2) is 5.65 Å². The zero-order valence-electron chi connectivity index (χ0n) is 21.9. The monoisotopic (exact) mass is 607 g/mol. The molecule has 2 aromatic heterocycles. The minimum absolute atomic E-state index is 0.133. The minimum atomic E-state index is -5.47. The predicted octanol–water partition coefficient (Wildman–Crippen LogP) is 6.33. The van der Waals surface area contributed by atoms with Gasteiger partial charge in [0.05, 0.1) is 19.8 Å². The summed E-state index contributed by atoms with van der Waals surface area (Å²) in [5, 5.41) is 4.91. The smallest absolute Gasteiger partial charge is 0.328 e. The van der Waals surface area contributed by atoms with Crippen molar-refractivity contribution in [3.05, 3.63) is 52.8 Å². The summed E-state index contributed by atoms with van der Waals surface area (Å²) in [4.78, 5) is 25.9. The summed E-state index contributed by atoms with van der Waals surface area (Å²) in [6.07, 6.45) is -0.689. The first-order chi connectivity index (χ1) is 17.8. The van der Waals surface area contributed by atoms with Crippen LogP contribution in [0.1, 0.15) is 38.6 Å². The van der Waals surface area contributed by atoms with Gasteiger partial charge in [-0.25, -0.2) is 9.50 Å². The Kier molecular flexibility index (Phi) is 9.85. The number of hydrogen-bond acceptors (Lipinski definition) is 8. The number of hydrogen-bond donors (Lipinski definition) is 2. The van der Waals surface area contributed by atoms with Crippen LogP contribution in [0.4, 0.5) is 0 Å². The molecule has 3 aromatic rings. The highest BCUT2D eigenvalue weighted by Gasteiger charge is 2.71. The van der Waals surface area contributed by atoms with E-state index in [4.69, 9.17) is 25.2 Å². The molecule has 210 valence electrons. The fourth-order valence-electron chi connectivity index (χ4n) is 4.48. The minimum Gasteiger partial charge on any atom is -0.328 e. The molecule has 0 fully saturated rings. The van der Waals surface area contributed by atoms with E-state index in [0.717, 1.165) is 12.2 Å². The average molecular weight is 608 g/mol. The summed E-state index contributed by atoms with van der Waals surface area (Å²) in [6.45, 7) is 6.81. The second kappa shape index (κ2) is 12.0. The molecule has 15 heteroatoms. The highest BCUT2D eigenvalue weighted by Crippen LogP contribution is 2.88. The van der Waals surface area contributed by atoms with Crippen LogP contribution in [0.3, 0.4) is 0 Å². The van der Waals surface area contributed by atoms with Gasteiger partial charge in [-0.2, -0.15) is 5.10 Å².